The molecule has 4 atom stereocenters. The molecule has 22 heavy (non-hydrogen) atoms. The van der Waals surface area contributed by atoms with Crippen molar-refractivity contribution >= 4 is 28.6 Å². The minimum absolute atomic E-state index is 0.0514. The number of hydrogen-bond donors (Lipinski definition) is 1. The molecule has 3 nitrogen and oxygen atoms in total. The molecule has 0 spiro atoms. The van der Waals surface area contributed by atoms with Crippen molar-refractivity contribution in [2.75, 3.05) is 7.11 Å². The van der Waals surface area contributed by atoms with E-state index in [1.54, 1.807) is 0 Å². The Morgan fingerprint density at radius 1 is 1.36 bits per heavy atom. The first-order chi connectivity index (χ1) is 10.5. The van der Waals surface area contributed by atoms with Gasteiger partial charge in [-0.3, -0.25) is 4.79 Å². The first-order valence-electron chi connectivity index (χ1n) is 8.14. The highest BCUT2D eigenvalue weighted by Crippen LogP contribution is 2.43. The quantitative estimate of drug-likeness (QED) is 0.605. The lowest BCUT2D eigenvalue weighted by Crippen LogP contribution is -2.48. The molecule has 2 fully saturated rings. The summed E-state index contributed by atoms with van der Waals surface area (Å²) in [5, 5.41) is 3.60. The van der Waals surface area contributed by atoms with Crippen molar-refractivity contribution in [3.8, 4) is 0 Å². The van der Waals surface area contributed by atoms with Gasteiger partial charge in [0.25, 0.3) is 0 Å². The molecule has 1 aromatic carbocycles. The smallest absolute Gasteiger partial charge is 0.310 e. The Kier molecular flexibility index (Phi) is 4.78. The third kappa shape index (κ3) is 2.92. The van der Waals surface area contributed by atoms with Crippen LogP contribution in [0.5, 0.6) is 0 Å². The summed E-state index contributed by atoms with van der Waals surface area (Å²) >= 11 is 2.43. The average molecular weight is 413 g/mol. The second-order valence-electron chi connectivity index (χ2n) is 6.87. The summed E-state index contributed by atoms with van der Waals surface area (Å²) < 4.78 is 6.41. The Bertz CT molecular complexity index is 572. The molecule has 2 aliphatic heterocycles. The van der Waals surface area contributed by atoms with Gasteiger partial charge in [0.1, 0.15) is 0 Å². The van der Waals surface area contributed by atoms with Gasteiger partial charge in [0.15, 0.2) is 0 Å². The molecule has 120 valence electrons. The predicted molar refractivity (Wildman–Crippen MR) is 96.1 cm³/mol. The van der Waals surface area contributed by atoms with Gasteiger partial charge in [0.05, 0.1) is 13.0 Å². The van der Waals surface area contributed by atoms with E-state index in [2.05, 4.69) is 60.0 Å². The van der Waals surface area contributed by atoms with E-state index in [0.29, 0.717) is 12.0 Å². The topological polar surface area (TPSA) is 38.3 Å². The van der Waals surface area contributed by atoms with Gasteiger partial charge in [-0.15, -0.1) is 0 Å². The van der Waals surface area contributed by atoms with Gasteiger partial charge < -0.3 is 10.1 Å². The zero-order chi connectivity index (χ0) is 15.9. The fraction of sp³-hybridized carbons (Fsp3) is 0.611. The fourth-order valence-corrected chi connectivity index (χ4v) is 5.27. The van der Waals surface area contributed by atoms with Gasteiger partial charge in [-0.1, -0.05) is 26.0 Å². The number of ether oxygens (including phenoxy) is 1. The first kappa shape index (κ1) is 16.2. The highest BCUT2D eigenvalue weighted by molar-refractivity contribution is 14.1. The molecule has 2 bridgehead atoms. The molecule has 1 N–H and O–H groups in total. The van der Waals surface area contributed by atoms with Crippen LogP contribution in [0.3, 0.4) is 0 Å². The van der Waals surface area contributed by atoms with Crippen molar-refractivity contribution in [2.45, 2.75) is 57.0 Å². The number of piperidine rings is 1. The summed E-state index contributed by atoms with van der Waals surface area (Å²) in [6, 6.07) is 7.57. The molecule has 2 heterocycles. The Balaban J connectivity index is 1.94. The van der Waals surface area contributed by atoms with Gasteiger partial charge in [-0.25, -0.2) is 0 Å². The average Bonchev–Trinajstić information content (AvgIpc) is 2.87. The van der Waals surface area contributed by atoms with Crippen molar-refractivity contribution in [1.29, 1.82) is 0 Å². The second-order valence-corrected chi connectivity index (χ2v) is 8.04. The van der Waals surface area contributed by atoms with Gasteiger partial charge in [0.2, 0.25) is 0 Å². The lowest BCUT2D eigenvalue weighted by atomic mass is 9.76. The zero-order valence-corrected chi connectivity index (χ0v) is 15.6. The van der Waals surface area contributed by atoms with E-state index >= 15 is 0 Å². The van der Waals surface area contributed by atoms with Crippen molar-refractivity contribution in [3.63, 3.8) is 0 Å². The van der Waals surface area contributed by atoms with Crippen LogP contribution < -0.4 is 5.32 Å². The summed E-state index contributed by atoms with van der Waals surface area (Å²) in [5.41, 5.74) is 2.68. The third-order valence-corrected chi connectivity index (χ3v) is 6.16. The first-order valence-corrected chi connectivity index (χ1v) is 9.22. The highest BCUT2D eigenvalue weighted by atomic mass is 127. The summed E-state index contributed by atoms with van der Waals surface area (Å²) in [7, 11) is 1.51. The van der Waals surface area contributed by atoms with Crippen LogP contribution in [0.2, 0.25) is 0 Å². The van der Waals surface area contributed by atoms with Crippen LogP contribution in [-0.2, 0) is 9.53 Å². The SMILES string of the molecule is COC(=O)C1C2CCC(CC1c1ccc(C(C)C)c(I)c1)N2. The molecular weight excluding hydrogens is 389 g/mol. The Labute approximate surface area is 146 Å². The predicted octanol–water partition coefficient (Wildman–Crippen LogP) is 3.81. The largest absolute Gasteiger partial charge is 0.469 e. The van der Waals surface area contributed by atoms with E-state index < -0.39 is 0 Å². The Morgan fingerprint density at radius 3 is 2.77 bits per heavy atom. The van der Waals surface area contributed by atoms with Gasteiger partial charge in [0, 0.05) is 21.6 Å². The monoisotopic (exact) mass is 413 g/mol. The summed E-state index contributed by atoms with van der Waals surface area (Å²) in [5.74, 6) is 0.692. The number of hydrogen-bond acceptors (Lipinski definition) is 3. The Hall–Kier alpha value is -0.620. The van der Waals surface area contributed by atoms with Crippen molar-refractivity contribution in [1.82, 2.24) is 5.32 Å². The van der Waals surface area contributed by atoms with Crippen molar-refractivity contribution in [3.05, 3.63) is 32.9 Å². The van der Waals surface area contributed by atoms with Crippen LogP contribution in [0.15, 0.2) is 18.2 Å². The standard InChI is InChI=1S/C18H24INO2/c1-10(2)13-6-4-11(8-15(13)19)14-9-12-5-7-16(20-12)17(14)18(21)22-3/h4,6,8,10,12,14,16-17,20H,5,7,9H2,1-3H3. The molecule has 0 aromatic heterocycles. The molecule has 4 heteroatoms. The molecular formula is C18H24INO2. The fourth-order valence-electron chi connectivity index (χ4n) is 4.10. The van der Waals surface area contributed by atoms with Crippen LogP contribution in [0.25, 0.3) is 0 Å². The van der Waals surface area contributed by atoms with Crippen LogP contribution >= 0.6 is 22.6 Å². The molecule has 2 aliphatic rings. The molecule has 1 aromatic rings. The third-order valence-electron chi connectivity index (χ3n) is 5.23. The lowest BCUT2D eigenvalue weighted by molar-refractivity contribution is -0.148. The van der Waals surface area contributed by atoms with Crippen molar-refractivity contribution in [2.24, 2.45) is 5.92 Å². The number of carbonyl (C=O) groups excluding carboxylic acids is 1. The molecule has 2 saturated heterocycles. The summed E-state index contributed by atoms with van der Waals surface area (Å²) in [4.78, 5) is 12.3. The normalized spacial score (nSPS) is 30.6. The highest BCUT2D eigenvalue weighted by Gasteiger charge is 2.46. The van der Waals surface area contributed by atoms with Gasteiger partial charge >= 0.3 is 5.97 Å². The van der Waals surface area contributed by atoms with Gasteiger partial charge in [-0.05, 0) is 65.0 Å². The van der Waals surface area contributed by atoms with Crippen LogP contribution in [-0.4, -0.2) is 25.2 Å². The number of halogens is 1. The van der Waals surface area contributed by atoms with Gasteiger partial charge in [-0.2, -0.15) is 0 Å². The Morgan fingerprint density at radius 2 is 2.14 bits per heavy atom. The molecule has 0 radical (unpaired) electrons. The van der Waals surface area contributed by atoms with E-state index in [4.69, 9.17) is 4.74 Å². The maximum atomic E-state index is 12.3. The minimum Gasteiger partial charge on any atom is -0.469 e. The van der Waals surface area contributed by atoms with E-state index in [1.807, 2.05) is 0 Å². The lowest BCUT2D eigenvalue weighted by Gasteiger charge is -2.36. The van der Waals surface area contributed by atoms with E-state index in [0.717, 1.165) is 12.8 Å². The zero-order valence-electron chi connectivity index (χ0n) is 13.4. The molecule has 4 unspecified atom stereocenters. The second kappa shape index (κ2) is 6.48. The summed E-state index contributed by atoms with van der Waals surface area (Å²) in [6.45, 7) is 4.44. The minimum atomic E-state index is -0.0641. The number of carbonyl (C=O) groups is 1. The van der Waals surface area contributed by atoms with Crippen LogP contribution in [0.4, 0.5) is 0 Å². The van der Waals surface area contributed by atoms with Crippen LogP contribution in [0, 0.1) is 9.49 Å². The number of esters is 1. The maximum Gasteiger partial charge on any atom is 0.310 e. The number of benzene rings is 1. The molecule has 0 saturated carbocycles. The molecule has 0 amide bonds. The number of nitrogens with one attached hydrogen (secondary N) is 1. The number of methoxy groups -OCH3 is 1. The van der Waals surface area contributed by atoms with Crippen LogP contribution in [0.1, 0.15) is 56.1 Å². The van der Waals surface area contributed by atoms with E-state index in [9.17, 15) is 4.79 Å². The van der Waals surface area contributed by atoms with Crippen molar-refractivity contribution < 1.29 is 9.53 Å². The molecule has 0 aliphatic carbocycles. The van der Waals surface area contributed by atoms with E-state index in [-0.39, 0.29) is 23.8 Å². The summed E-state index contributed by atoms with van der Waals surface area (Å²) in [6.07, 6.45) is 3.30. The maximum absolute atomic E-state index is 12.3. The van der Waals surface area contributed by atoms with E-state index in [1.165, 1.54) is 28.2 Å². The number of fused-ring (bicyclic) bond motifs is 2. The number of rotatable bonds is 3. The molecule has 3 rings (SSSR count).